The lowest BCUT2D eigenvalue weighted by Crippen LogP contribution is -2.44. The van der Waals surface area contributed by atoms with Gasteiger partial charge >= 0.3 is 5.97 Å². The molecule has 1 aromatic carbocycles. The van der Waals surface area contributed by atoms with Crippen molar-refractivity contribution in [1.82, 2.24) is 10.5 Å². The van der Waals surface area contributed by atoms with E-state index in [4.69, 9.17) is 14.4 Å². The Morgan fingerprint density at radius 1 is 1.36 bits per heavy atom. The summed E-state index contributed by atoms with van der Waals surface area (Å²) in [5.41, 5.74) is 1.88. The first-order chi connectivity index (χ1) is 12.0. The number of hydrogen-bond donors (Lipinski definition) is 2. The van der Waals surface area contributed by atoms with E-state index in [1.807, 2.05) is 6.92 Å². The van der Waals surface area contributed by atoms with Crippen LogP contribution in [0.4, 0.5) is 0 Å². The Labute approximate surface area is 144 Å². The number of aliphatic hydroxyl groups is 1. The van der Waals surface area contributed by atoms with Gasteiger partial charge in [0.1, 0.15) is 18.1 Å². The Kier molecular flexibility index (Phi) is 6.13. The van der Waals surface area contributed by atoms with Gasteiger partial charge in [0, 0.05) is 5.56 Å². The van der Waals surface area contributed by atoms with Gasteiger partial charge in [0.2, 0.25) is 0 Å². The normalized spacial score (nSPS) is 11.7. The van der Waals surface area contributed by atoms with Crippen LogP contribution in [-0.2, 0) is 16.1 Å². The number of aryl methyl sites for hydroxylation is 2. The van der Waals surface area contributed by atoms with Crippen molar-refractivity contribution < 1.29 is 28.7 Å². The van der Waals surface area contributed by atoms with Gasteiger partial charge < -0.3 is 24.4 Å². The van der Waals surface area contributed by atoms with Crippen molar-refractivity contribution in [1.29, 1.82) is 0 Å². The lowest BCUT2D eigenvalue weighted by atomic mass is 10.2. The van der Waals surface area contributed by atoms with E-state index in [2.05, 4.69) is 15.2 Å². The summed E-state index contributed by atoms with van der Waals surface area (Å²) >= 11 is 0. The molecule has 0 unspecified atom stereocenters. The van der Waals surface area contributed by atoms with E-state index < -0.39 is 24.5 Å². The van der Waals surface area contributed by atoms with Crippen LogP contribution in [-0.4, -0.2) is 41.9 Å². The summed E-state index contributed by atoms with van der Waals surface area (Å²) in [6.45, 7) is 3.32. The van der Waals surface area contributed by atoms with Gasteiger partial charge in [-0.2, -0.15) is 0 Å². The molecule has 1 atom stereocenters. The Morgan fingerprint density at radius 3 is 2.72 bits per heavy atom. The van der Waals surface area contributed by atoms with Gasteiger partial charge in [-0.1, -0.05) is 11.2 Å². The molecule has 0 bridgehead atoms. The zero-order valence-electron chi connectivity index (χ0n) is 14.2. The quantitative estimate of drug-likeness (QED) is 0.722. The third-order valence-electron chi connectivity index (χ3n) is 3.63. The van der Waals surface area contributed by atoms with Gasteiger partial charge in [-0.3, -0.25) is 4.79 Å². The van der Waals surface area contributed by atoms with Crippen molar-refractivity contribution in [2.45, 2.75) is 26.5 Å². The highest BCUT2D eigenvalue weighted by atomic mass is 16.5. The maximum Gasteiger partial charge on any atom is 0.330 e. The predicted molar refractivity (Wildman–Crippen MR) is 87.1 cm³/mol. The number of esters is 1. The maximum atomic E-state index is 12.2. The van der Waals surface area contributed by atoms with E-state index in [0.29, 0.717) is 17.1 Å². The molecule has 0 aliphatic heterocycles. The Morgan fingerprint density at radius 2 is 2.12 bits per heavy atom. The molecule has 0 saturated carbocycles. The molecule has 1 heterocycles. The van der Waals surface area contributed by atoms with Crippen molar-refractivity contribution in [3.05, 3.63) is 46.8 Å². The van der Waals surface area contributed by atoms with Crippen LogP contribution in [0.15, 0.2) is 28.8 Å². The molecule has 0 aliphatic rings. The minimum atomic E-state index is -1.12. The summed E-state index contributed by atoms with van der Waals surface area (Å²) in [6.07, 6.45) is 0. The van der Waals surface area contributed by atoms with Crippen LogP contribution in [0.25, 0.3) is 0 Å². The standard InChI is InChI=1S/C17H20N2O6/c1-10-14(11(2)25-19-10)9-24-13-6-4-5-12(7-13)16(21)18-15(8-20)17(22)23-3/h4-7,15,20H,8-9H2,1-3H3,(H,18,21)/t15-/m1/s1. The molecule has 0 spiro atoms. The van der Waals surface area contributed by atoms with Crippen molar-refractivity contribution in [2.75, 3.05) is 13.7 Å². The number of hydrogen-bond acceptors (Lipinski definition) is 7. The molecule has 0 radical (unpaired) electrons. The highest BCUT2D eigenvalue weighted by molar-refractivity contribution is 5.97. The van der Waals surface area contributed by atoms with Crippen LogP contribution in [0.5, 0.6) is 5.75 Å². The largest absolute Gasteiger partial charge is 0.489 e. The molecule has 1 aromatic heterocycles. The van der Waals surface area contributed by atoms with Crippen molar-refractivity contribution in [3.63, 3.8) is 0 Å². The zero-order chi connectivity index (χ0) is 18.4. The number of aromatic nitrogens is 1. The third kappa shape index (κ3) is 4.57. The highest BCUT2D eigenvalue weighted by Gasteiger charge is 2.21. The van der Waals surface area contributed by atoms with E-state index >= 15 is 0 Å². The number of rotatable bonds is 7. The van der Waals surface area contributed by atoms with Crippen LogP contribution in [0, 0.1) is 13.8 Å². The van der Waals surface area contributed by atoms with Gasteiger partial charge in [-0.15, -0.1) is 0 Å². The molecule has 2 aromatic rings. The van der Waals surface area contributed by atoms with Gasteiger partial charge in [-0.05, 0) is 32.0 Å². The number of nitrogens with one attached hydrogen (secondary N) is 1. The number of carbonyl (C=O) groups is 2. The zero-order valence-corrected chi connectivity index (χ0v) is 14.2. The topological polar surface area (TPSA) is 111 Å². The molecule has 25 heavy (non-hydrogen) atoms. The molecular formula is C17H20N2O6. The van der Waals surface area contributed by atoms with Gasteiger partial charge in [0.05, 0.1) is 25.0 Å². The summed E-state index contributed by atoms with van der Waals surface area (Å²) in [6, 6.07) is 5.36. The maximum absolute atomic E-state index is 12.2. The molecular weight excluding hydrogens is 328 g/mol. The lowest BCUT2D eigenvalue weighted by Gasteiger charge is -2.14. The molecule has 8 nitrogen and oxygen atoms in total. The van der Waals surface area contributed by atoms with Gasteiger partial charge in [-0.25, -0.2) is 4.79 Å². The van der Waals surface area contributed by atoms with Gasteiger partial charge in [0.25, 0.3) is 5.91 Å². The minimum Gasteiger partial charge on any atom is -0.489 e. The molecule has 2 rings (SSSR count). The first kappa shape index (κ1) is 18.5. The highest BCUT2D eigenvalue weighted by Crippen LogP contribution is 2.18. The third-order valence-corrected chi connectivity index (χ3v) is 3.63. The Hall–Kier alpha value is -2.87. The van der Waals surface area contributed by atoms with E-state index in [-0.39, 0.29) is 6.61 Å². The number of carbonyl (C=O) groups excluding carboxylic acids is 2. The van der Waals surface area contributed by atoms with Crippen molar-refractivity contribution in [3.8, 4) is 5.75 Å². The average molecular weight is 348 g/mol. The summed E-state index contributed by atoms with van der Waals surface area (Å²) in [7, 11) is 1.18. The van der Waals surface area contributed by atoms with Crippen LogP contribution in [0.3, 0.4) is 0 Å². The fourth-order valence-electron chi connectivity index (χ4n) is 2.15. The van der Waals surface area contributed by atoms with Crippen molar-refractivity contribution >= 4 is 11.9 Å². The monoisotopic (exact) mass is 348 g/mol. The Bertz CT molecular complexity index is 736. The van der Waals surface area contributed by atoms with E-state index in [1.165, 1.54) is 7.11 Å². The summed E-state index contributed by atoms with van der Waals surface area (Å²) in [5.74, 6) is -0.0876. The molecule has 8 heteroatoms. The first-order valence-corrected chi connectivity index (χ1v) is 7.60. The summed E-state index contributed by atoms with van der Waals surface area (Å²) in [4.78, 5) is 23.7. The van der Waals surface area contributed by atoms with Crippen LogP contribution < -0.4 is 10.1 Å². The average Bonchev–Trinajstić information content (AvgIpc) is 2.95. The number of benzene rings is 1. The van der Waals surface area contributed by atoms with Crippen molar-refractivity contribution in [2.24, 2.45) is 0 Å². The molecule has 134 valence electrons. The molecule has 0 saturated heterocycles. The van der Waals surface area contributed by atoms with E-state index in [9.17, 15) is 9.59 Å². The first-order valence-electron chi connectivity index (χ1n) is 7.60. The molecule has 1 amide bonds. The van der Waals surface area contributed by atoms with E-state index in [1.54, 1.807) is 31.2 Å². The fraction of sp³-hybridized carbons (Fsp3) is 0.353. The minimum absolute atomic E-state index is 0.258. The van der Waals surface area contributed by atoms with Crippen LogP contribution >= 0.6 is 0 Å². The van der Waals surface area contributed by atoms with E-state index in [0.717, 1.165) is 11.3 Å². The molecule has 0 aliphatic carbocycles. The number of nitrogens with zero attached hydrogens (tertiary/aromatic N) is 1. The summed E-state index contributed by atoms with van der Waals surface area (Å²) in [5, 5.41) is 15.4. The second-order valence-corrected chi connectivity index (χ2v) is 5.35. The fourth-order valence-corrected chi connectivity index (χ4v) is 2.15. The summed E-state index contributed by atoms with van der Waals surface area (Å²) < 4.78 is 15.3. The number of amides is 1. The lowest BCUT2D eigenvalue weighted by molar-refractivity contribution is -0.143. The second-order valence-electron chi connectivity index (χ2n) is 5.35. The number of ether oxygens (including phenoxy) is 2. The van der Waals surface area contributed by atoms with Crippen LogP contribution in [0.2, 0.25) is 0 Å². The smallest absolute Gasteiger partial charge is 0.330 e. The molecule has 0 fully saturated rings. The molecule has 2 N–H and O–H groups in total. The number of methoxy groups -OCH3 is 1. The number of aliphatic hydroxyl groups excluding tert-OH is 1. The van der Waals surface area contributed by atoms with Crippen LogP contribution in [0.1, 0.15) is 27.4 Å². The second kappa shape index (κ2) is 8.29. The Balaban J connectivity index is 2.05. The SMILES string of the molecule is COC(=O)[C@@H](CO)NC(=O)c1cccc(OCc2c(C)noc2C)c1. The van der Waals surface area contributed by atoms with Gasteiger partial charge in [0.15, 0.2) is 6.04 Å². The predicted octanol–water partition coefficient (Wildman–Crippen LogP) is 1.13.